The van der Waals surface area contributed by atoms with Gasteiger partial charge in [0.05, 0.1) is 6.54 Å². The number of rotatable bonds is 3. The number of ether oxygens (including phenoxy) is 1. The van der Waals surface area contributed by atoms with Crippen molar-refractivity contribution in [2.24, 2.45) is 5.92 Å². The zero-order valence-corrected chi connectivity index (χ0v) is 13.3. The predicted octanol–water partition coefficient (Wildman–Crippen LogP) is 2.81. The molecule has 0 radical (unpaired) electrons. The highest BCUT2D eigenvalue weighted by Gasteiger charge is 2.35. The van der Waals surface area contributed by atoms with Crippen molar-refractivity contribution >= 4 is 17.6 Å². The molecule has 120 valence electrons. The molecule has 0 atom stereocenters. The smallest absolute Gasteiger partial charge is 0.204 e. The highest BCUT2D eigenvalue weighted by atomic mass is 16.5. The molecule has 23 heavy (non-hydrogen) atoms. The number of ketones is 2. The number of hydrogen-bond acceptors (Lipinski definition) is 4. The molecule has 1 heterocycles. The first kappa shape index (κ1) is 15.5. The first-order valence-electron chi connectivity index (χ1n) is 8.10. The van der Waals surface area contributed by atoms with Gasteiger partial charge in [-0.2, -0.15) is 0 Å². The van der Waals surface area contributed by atoms with Crippen LogP contribution in [-0.2, 0) is 14.3 Å². The van der Waals surface area contributed by atoms with Gasteiger partial charge in [-0.15, -0.1) is 0 Å². The van der Waals surface area contributed by atoms with E-state index in [1.54, 1.807) is 0 Å². The Balaban J connectivity index is 1.75. The highest BCUT2D eigenvalue weighted by Crippen LogP contribution is 2.29. The van der Waals surface area contributed by atoms with Gasteiger partial charge in [0.15, 0.2) is 11.6 Å². The second-order valence-corrected chi connectivity index (χ2v) is 5.89. The molecular formula is C19H21NO3. The number of nitrogens with zero attached hydrogens (tertiary/aromatic N) is 1. The number of benzene rings is 1. The molecule has 1 aromatic carbocycles. The number of hydrogen-bond donors (Lipinski definition) is 0. The van der Waals surface area contributed by atoms with E-state index in [4.69, 9.17) is 4.74 Å². The van der Waals surface area contributed by atoms with Crippen molar-refractivity contribution in [3.63, 3.8) is 0 Å². The zero-order valence-electron chi connectivity index (χ0n) is 13.3. The van der Waals surface area contributed by atoms with Crippen molar-refractivity contribution in [2.75, 3.05) is 19.7 Å². The van der Waals surface area contributed by atoms with Gasteiger partial charge >= 0.3 is 0 Å². The Morgan fingerprint density at radius 3 is 2.52 bits per heavy atom. The van der Waals surface area contributed by atoms with Crippen molar-refractivity contribution in [1.29, 1.82) is 0 Å². The van der Waals surface area contributed by atoms with E-state index in [-0.39, 0.29) is 23.1 Å². The van der Waals surface area contributed by atoms with Gasteiger partial charge in [-0.1, -0.05) is 42.5 Å². The van der Waals surface area contributed by atoms with E-state index >= 15 is 0 Å². The Bertz CT molecular complexity index is 640. The fourth-order valence-electron chi connectivity index (χ4n) is 3.07. The van der Waals surface area contributed by atoms with Crippen molar-refractivity contribution in [3.8, 4) is 0 Å². The summed E-state index contributed by atoms with van der Waals surface area (Å²) in [5, 5.41) is 0. The average molecular weight is 311 g/mol. The molecular weight excluding hydrogens is 290 g/mol. The second kappa shape index (κ2) is 6.82. The summed E-state index contributed by atoms with van der Waals surface area (Å²) in [6, 6.07) is 9.90. The van der Waals surface area contributed by atoms with Crippen molar-refractivity contribution < 1.29 is 14.3 Å². The third-order valence-electron chi connectivity index (χ3n) is 4.30. The molecule has 0 spiro atoms. The largest absolute Gasteiger partial charge is 0.477 e. The molecule has 0 amide bonds. The summed E-state index contributed by atoms with van der Waals surface area (Å²) >= 11 is 0. The predicted molar refractivity (Wildman–Crippen MR) is 88.4 cm³/mol. The van der Waals surface area contributed by atoms with E-state index < -0.39 is 0 Å². The highest BCUT2D eigenvalue weighted by molar-refractivity contribution is 6.22. The van der Waals surface area contributed by atoms with E-state index in [0.717, 1.165) is 18.7 Å². The van der Waals surface area contributed by atoms with Gasteiger partial charge in [-0.05, 0) is 18.4 Å². The van der Waals surface area contributed by atoms with E-state index in [0.29, 0.717) is 25.3 Å². The van der Waals surface area contributed by atoms with Crippen LogP contribution in [0.15, 0.2) is 47.9 Å². The van der Waals surface area contributed by atoms with Crippen molar-refractivity contribution in [2.45, 2.75) is 19.8 Å². The van der Waals surface area contributed by atoms with E-state index in [2.05, 4.69) is 0 Å². The molecule has 1 saturated heterocycles. The molecule has 4 heteroatoms. The minimum Gasteiger partial charge on any atom is -0.477 e. The monoisotopic (exact) mass is 311 g/mol. The standard InChI is InChI=1S/C19H21NO3/c1-2-20-10-11-23-19(20)18-16(21)12-15(13-17(18)22)9-8-14-6-4-3-5-7-14/h3-9,15H,2,10-13H2,1H3/b9-8+,19-18?. The van der Waals surface area contributed by atoms with Gasteiger partial charge in [-0.25, -0.2) is 0 Å². The fourth-order valence-corrected chi connectivity index (χ4v) is 3.07. The molecule has 0 bridgehead atoms. The summed E-state index contributed by atoms with van der Waals surface area (Å²) in [7, 11) is 0. The quantitative estimate of drug-likeness (QED) is 0.636. The van der Waals surface area contributed by atoms with Crippen molar-refractivity contribution in [3.05, 3.63) is 53.4 Å². The second-order valence-electron chi connectivity index (χ2n) is 5.89. The lowest BCUT2D eigenvalue weighted by Crippen LogP contribution is -2.30. The van der Waals surface area contributed by atoms with E-state index in [9.17, 15) is 9.59 Å². The summed E-state index contributed by atoms with van der Waals surface area (Å²) in [5.74, 6) is 0.266. The minimum absolute atomic E-state index is 0.0314. The van der Waals surface area contributed by atoms with Crippen LogP contribution in [-0.4, -0.2) is 36.2 Å². The van der Waals surface area contributed by atoms with Gasteiger partial charge in [-0.3, -0.25) is 9.59 Å². The van der Waals surface area contributed by atoms with Gasteiger partial charge < -0.3 is 9.64 Å². The summed E-state index contributed by atoms with van der Waals surface area (Å²) in [6.07, 6.45) is 4.69. The van der Waals surface area contributed by atoms with Crippen LogP contribution in [0.4, 0.5) is 0 Å². The molecule has 4 nitrogen and oxygen atoms in total. The third-order valence-corrected chi connectivity index (χ3v) is 4.30. The van der Waals surface area contributed by atoms with Crippen LogP contribution in [0.3, 0.4) is 0 Å². The lowest BCUT2D eigenvalue weighted by Gasteiger charge is -2.23. The Morgan fingerprint density at radius 1 is 1.17 bits per heavy atom. The maximum absolute atomic E-state index is 12.5. The van der Waals surface area contributed by atoms with Crippen LogP contribution >= 0.6 is 0 Å². The number of Topliss-reactive ketones (excluding diaryl/α,β-unsaturated/α-hetero) is 2. The van der Waals surface area contributed by atoms with Gasteiger partial charge in [0.2, 0.25) is 5.88 Å². The number of likely N-dealkylation sites (N-methyl/N-ethyl adjacent to an activating group) is 1. The normalized spacial score (nSPS) is 22.1. The lowest BCUT2D eigenvalue weighted by molar-refractivity contribution is -0.125. The van der Waals surface area contributed by atoms with Crippen LogP contribution in [0.5, 0.6) is 0 Å². The van der Waals surface area contributed by atoms with Gasteiger partial charge in [0, 0.05) is 19.4 Å². The first-order chi connectivity index (χ1) is 11.2. The maximum atomic E-state index is 12.5. The van der Waals surface area contributed by atoms with Crippen LogP contribution in [0.1, 0.15) is 25.3 Å². The van der Waals surface area contributed by atoms with Crippen LogP contribution in [0.2, 0.25) is 0 Å². The molecule has 0 unspecified atom stereocenters. The molecule has 0 N–H and O–H groups in total. The Labute approximate surface area is 136 Å². The van der Waals surface area contributed by atoms with Gasteiger partial charge in [0.1, 0.15) is 12.2 Å². The number of carbonyl (C=O) groups excluding carboxylic acids is 2. The van der Waals surface area contributed by atoms with Crippen LogP contribution in [0.25, 0.3) is 6.08 Å². The van der Waals surface area contributed by atoms with Gasteiger partial charge in [0.25, 0.3) is 0 Å². The van der Waals surface area contributed by atoms with Crippen LogP contribution < -0.4 is 0 Å². The number of allylic oxidation sites excluding steroid dienone is 2. The molecule has 0 aromatic heterocycles. The number of carbonyl (C=O) groups is 2. The lowest BCUT2D eigenvalue weighted by atomic mass is 9.83. The summed E-state index contributed by atoms with van der Waals surface area (Å²) in [6.45, 7) is 4.03. The molecule has 1 aliphatic heterocycles. The Hall–Kier alpha value is -2.36. The molecule has 2 aliphatic rings. The molecule has 1 saturated carbocycles. The Kier molecular flexibility index (Phi) is 4.60. The average Bonchev–Trinajstić information content (AvgIpc) is 3.01. The minimum atomic E-state index is -0.0979. The topological polar surface area (TPSA) is 46.6 Å². The molecule has 3 rings (SSSR count). The SMILES string of the molecule is CCN1CCOC1=C1C(=O)CC(/C=C/c2ccccc2)CC1=O. The molecule has 2 fully saturated rings. The van der Waals surface area contributed by atoms with E-state index in [1.807, 2.05) is 54.3 Å². The summed E-state index contributed by atoms with van der Waals surface area (Å²) < 4.78 is 5.55. The summed E-state index contributed by atoms with van der Waals surface area (Å²) in [4.78, 5) is 26.9. The molecule has 1 aliphatic carbocycles. The van der Waals surface area contributed by atoms with Crippen molar-refractivity contribution in [1.82, 2.24) is 4.90 Å². The first-order valence-corrected chi connectivity index (χ1v) is 8.10. The van der Waals surface area contributed by atoms with Crippen LogP contribution in [0, 0.1) is 5.92 Å². The maximum Gasteiger partial charge on any atom is 0.204 e. The molecule has 1 aromatic rings. The van der Waals surface area contributed by atoms with E-state index in [1.165, 1.54) is 0 Å². The Morgan fingerprint density at radius 2 is 1.87 bits per heavy atom. The zero-order chi connectivity index (χ0) is 16.2. The third kappa shape index (κ3) is 3.36. The fraction of sp³-hybridized carbons (Fsp3) is 0.368. The summed E-state index contributed by atoms with van der Waals surface area (Å²) in [5.41, 5.74) is 1.35.